The summed E-state index contributed by atoms with van der Waals surface area (Å²) < 4.78 is 0. The van der Waals surface area contributed by atoms with Crippen LogP contribution in [0.25, 0.3) is 0 Å². The highest BCUT2D eigenvalue weighted by Crippen LogP contribution is 2.14. The van der Waals surface area contributed by atoms with Gasteiger partial charge in [-0.25, -0.2) is 0 Å². The number of aryl methyl sites for hydroxylation is 3. The molecule has 2 aromatic rings. The summed E-state index contributed by atoms with van der Waals surface area (Å²) in [6.07, 6.45) is 3.42. The minimum absolute atomic E-state index is 0.539. The van der Waals surface area contributed by atoms with Crippen LogP contribution < -0.4 is 5.32 Å². The molecule has 0 saturated carbocycles. The second-order valence-electron chi connectivity index (χ2n) is 5.64. The molecule has 0 fully saturated rings. The zero-order chi connectivity index (χ0) is 14.4. The molecule has 2 aromatic carbocycles. The van der Waals surface area contributed by atoms with Crippen LogP contribution >= 0.6 is 0 Å². The van der Waals surface area contributed by atoms with Gasteiger partial charge in [0.15, 0.2) is 0 Å². The Morgan fingerprint density at radius 2 is 1.80 bits per heavy atom. The van der Waals surface area contributed by atoms with E-state index in [9.17, 15) is 0 Å². The average molecular weight is 267 g/mol. The van der Waals surface area contributed by atoms with Crippen molar-refractivity contribution >= 4 is 0 Å². The van der Waals surface area contributed by atoms with E-state index in [1.807, 2.05) is 0 Å². The van der Waals surface area contributed by atoms with E-state index in [1.165, 1.54) is 28.7 Å². The van der Waals surface area contributed by atoms with Gasteiger partial charge >= 0.3 is 0 Å². The van der Waals surface area contributed by atoms with Crippen molar-refractivity contribution in [1.82, 2.24) is 5.32 Å². The predicted octanol–water partition coefficient (Wildman–Crippen LogP) is 4.07. The molecule has 1 N–H and O–H groups in total. The summed E-state index contributed by atoms with van der Waals surface area (Å²) in [7, 11) is 2.07. The Hall–Kier alpha value is -1.60. The quantitative estimate of drug-likeness (QED) is 0.832. The number of hydrogen-bond donors (Lipinski definition) is 1. The smallest absolute Gasteiger partial charge is 0.0108 e. The van der Waals surface area contributed by atoms with E-state index >= 15 is 0 Å². The van der Waals surface area contributed by atoms with Gasteiger partial charge in [0, 0.05) is 6.04 Å². The van der Waals surface area contributed by atoms with Gasteiger partial charge in [-0.15, -0.1) is 0 Å². The Morgan fingerprint density at radius 1 is 1.00 bits per heavy atom. The molecule has 0 aliphatic carbocycles. The summed E-state index contributed by atoms with van der Waals surface area (Å²) in [5.74, 6) is 0. The first-order valence-electron chi connectivity index (χ1n) is 7.46. The fourth-order valence-electron chi connectivity index (χ4n) is 2.66. The van der Waals surface area contributed by atoms with Gasteiger partial charge in [0.25, 0.3) is 0 Å². The van der Waals surface area contributed by atoms with Crippen molar-refractivity contribution in [3.63, 3.8) is 0 Å². The molecular weight excluding hydrogens is 242 g/mol. The van der Waals surface area contributed by atoms with Crippen LogP contribution in [0.4, 0.5) is 0 Å². The van der Waals surface area contributed by atoms with Crippen LogP contribution in [0.15, 0.2) is 48.5 Å². The average Bonchev–Trinajstić information content (AvgIpc) is 2.45. The molecule has 1 nitrogen and oxygen atoms in total. The standard InChI is InChI=1S/C19H25N/c1-15-7-6-9-17(13-15)11-12-19(20-3)14-18-10-5-4-8-16(18)2/h4-10,13,19-20H,11-12,14H2,1-3H3. The van der Waals surface area contributed by atoms with Crippen LogP contribution in [0.2, 0.25) is 0 Å². The van der Waals surface area contributed by atoms with E-state index in [2.05, 4.69) is 74.7 Å². The van der Waals surface area contributed by atoms with Gasteiger partial charge in [-0.1, -0.05) is 54.1 Å². The van der Waals surface area contributed by atoms with Crippen molar-refractivity contribution in [2.24, 2.45) is 0 Å². The highest BCUT2D eigenvalue weighted by atomic mass is 14.9. The Bertz CT molecular complexity index is 545. The number of rotatable bonds is 6. The van der Waals surface area contributed by atoms with E-state index < -0.39 is 0 Å². The van der Waals surface area contributed by atoms with E-state index in [0.29, 0.717) is 6.04 Å². The second-order valence-corrected chi connectivity index (χ2v) is 5.64. The molecule has 0 heterocycles. The van der Waals surface area contributed by atoms with Crippen LogP contribution in [0.5, 0.6) is 0 Å². The lowest BCUT2D eigenvalue weighted by Crippen LogP contribution is -2.28. The van der Waals surface area contributed by atoms with E-state index in [0.717, 1.165) is 12.8 Å². The number of benzene rings is 2. The molecule has 0 bridgehead atoms. The van der Waals surface area contributed by atoms with Crippen LogP contribution in [-0.4, -0.2) is 13.1 Å². The number of likely N-dealkylation sites (N-methyl/N-ethyl adjacent to an activating group) is 1. The molecule has 1 atom stereocenters. The third-order valence-electron chi connectivity index (χ3n) is 4.00. The zero-order valence-corrected chi connectivity index (χ0v) is 12.8. The first-order valence-corrected chi connectivity index (χ1v) is 7.46. The van der Waals surface area contributed by atoms with Crippen molar-refractivity contribution in [1.29, 1.82) is 0 Å². The molecule has 1 unspecified atom stereocenters. The summed E-state index contributed by atoms with van der Waals surface area (Å²) in [5, 5.41) is 3.46. The molecule has 20 heavy (non-hydrogen) atoms. The van der Waals surface area contributed by atoms with Gasteiger partial charge in [0.1, 0.15) is 0 Å². The van der Waals surface area contributed by atoms with Crippen molar-refractivity contribution < 1.29 is 0 Å². The van der Waals surface area contributed by atoms with Crippen LogP contribution in [0.3, 0.4) is 0 Å². The summed E-state index contributed by atoms with van der Waals surface area (Å²) in [6, 6.07) is 18.1. The van der Waals surface area contributed by atoms with E-state index in [4.69, 9.17) is 0 Å². The van der Waals surface area contributed by atoms with Crippen LogP contribution in [-0.2, 0) is 12.8 Å². The largest absolute Gasteiger partial charge is 0.317 e. The summed E-state index contributed by atoms with van der Waals surface area (Å²) in [6.45, 7) is 4.36. The Morgan fingerprint density at radius 3 is 2.50 bits per heavy atom. The molecule has 2 rings (SSSR count). The Balaban J connectivity index is 1.94. The minimum atomic E-state index is 0.539. The first kappa shape index (κ1) is 14.8. The predicted molar refractivity (Wildman–Crippen MR) is 87.2 cm³/mol. The van der Waals surface area contributed by atoms with Crippen molar-refractivity contribution in [3.05, 3.63) is 70.8 Å². The van der Waals surface area contributed by atoms with Crippen molar-refractivity contribution in [2.75, 3.05) is 7.05 Å². The molecular formula is C19H25N. The van der Waals surface area contributed by atoms with Gasteiger partial charge in [-0.3, -0.25) is 0 Å². The van der Waals surface area contributed by atoms with Gasteiger partial charge in [0.05, 0.1) is 0 Å². The third kappa shape index (κ3) is 4.21. The van der Waals surface area contributed by atoms with Gasteiger partial charge < -0.3 is 5.32 Å². The lowest BCUT2D eigenvalue weighted by Gasteiger charge is -2.17. The van der Waals surface area contributed by atoms with Gasteiger partial charge in [-0.2, -0.15) is 0 Å². The molecule has 0 aliphatic rings. The molecule has 1 heteroatoms. The maximum absolute atomic E-state index is 3.46. The fourth-order valence-corrected chi connectivity index (χ4v) is 2.66. The zero-order valence-electron chi connectivity index (χ0n) is 12.8. The maximum atomic E-state index is 3.46. The lowest BCUT2D eigenvalue weighted by atomic mass is 9.96. The molecule has 0 aromatic heterocycles. The third-order valence-corrected chi connectivity index (χ3v) is 4.00. The summed E-state index contributed by atoms with van der Waals surface area (Å²) in [4.78, 5) is 0. The number of hydrogen-bond acceptors (Lipinski definition) is 1. The molecule has 0 spiro atoms. The molecule has 0 saturated heterocycles. The molecule has 0 amide bonds. The molecule has 0 aliphatic heterocycles. The van der Waals surface area contributed by atoms with E-state index in [1.54, 1.807) is 0 Å². The highest BCUT2D eigenvalue weighted by Gasteiger charge is 2.09. The molecule has 106 valence electrons. The molecule has 0 radical (unpaired) electrons. The van der Waals surface area contributed by atoms with Gasteiger partial charge in [-0.05, 0) is 56.8 Å². The Kier molecular flexibility index (Phi) is 5.37. The normalized spacial score (nSPS) is 12.3. The van der Waals surface area contributed by atoms with Crippen molar-refractivity contribution in [2.45, 2.75) is 39.2 Å². The minimum Gasteiger partial charge on any atom is -0.317 e. The van der Waals surface area contributed by atoms with Gasteiger partial charge in [0.2, 0.25) is 0 Å². The lowest BCUT2D eigenvalue weighted by molar-refractivity contribution is 0.519. The highest BCUT2D eigenvalue weighted by molar-refractivity contribution is 5.27. The first-order chi connectivity index (χ1) is 9.69. The summed E-state index contributed by atoms with van der Waals surface area (Å²) in [5.41, 5.74) is 5.64. The van der Waals surface area contributed by atoms with Crippen LogP contribution in [0, 0.1) is 13.8 Å². The monoisotopic (exact) mass is 267 g/mol. The Labute approximate surface area is 123 Å². The maximum Gasteiger partial charge on any atom is 0.0108 e. The SMILES string of the molecule is CNC(CCc1cccc(C)c1)Cc1ccccc1C. The van der Waals surface area contributed by atoms with Crippen LogP contribution in [0.1, 0.15) is 28.7 Å². The topological polar surface area (TPSA) is 12.0 Å². The second kappa shape index (κ2) is 7.25. The van der Waals surface area contributed by atoms with E-state index in [-0.39, 0.29) is 0 Å². The van der Waals surface area contributed by atoms with Crippen molar-refractivity contribution in [3.8, 4) is 0 Å². The fraction of sp³-hybridized carbons (Fsp3) is 0.368. The summed E-state index contributed by atoms with van der Waals surface area (Å²) >= 11 is 0. The number of nitrogens with one attached hydrogen (secondary N) is 1.